The van der Waals surface area contributed by atoms with E-state index in [-0.39, 0.29) is 11.4 Å². The lowest BCUT2D eigenvalue weighted by Gasteiger charge is -2.11. The molecule has 0 aromatic carbocycles. The Morgan fingerprint density at radius 1 is 1.59 bits per heavy atom. The van der Waals surface area contributed by atoms with Crippen LogP contribution in [0.2, 0.25) is 0 Å². The van der Waals surface area contributed by atoms with Gasteiger partial charge in [-0.05, 0) is 20.2 Å². The number of hydrogen-bond donors (Lipinski definition) is 3. The zero-order valence-electron chi connectivity index (χ0n) is 9.83. The molecule has 0 aliphatic carbocycles. The van der Waals surface area contributed by atoms with Crippen molar-refractivity contribution in [2.24, 2.45) is 5.84 Å². The maximum absolute atomic E-state index is 13.6. The molecule has 0 saturated carbocycles. The highest BCUT2D eigenvalue weighted by Gasteiger charge is 2.14. The van der Waals surface area contributed by atoms with Gasteiger partial charge in [-0.2, -0.15) is 0 Å². The fourth-order valence-electron chi connectivity index (χ4n) is 1.21. The largest absolute Gasteiger partial charge is 0.351 e. The van der Waals surface area contributed by atoms with E-state index in [1.54, 1.807) is 0 Å². The minimum Gasteiger partial charge on any atom is -0.351 e. The number of pyridine rings is 1. The number of carbonyl (C=O) groups excluding carboxylic acids is 1. The van der Waals surface area contributed by atoms with E-state index in [2.05, 4.69) is 15.7 Å². The van der Waals surface area contributed by atoms with Gasteiger partial charge in [-0.1, -0.05) is 0 Å². The number of nitrogens with zero attached hydrogens (tertiary/aromatic N) is 2. The smallest absolute Gasteiger partial charge is 0.254 e. The van der Waals surface area contributed by atoms with Crippen LogP contribution in [0.5, 0.6) is 0 Å². The highest BCUT2D eigenvalue weighted by molar-refractivity contribution is 5.95. The molecular formula is C10H16FN5O. The molecular weight excluding hydrogens is 225 g/mol. The molecule has 4 N–H and O–H groups in total. The summed E-state index contributed by atoms with van der Waals surface area (Å²) in [6, 6.07) is 1.31. The molecule has 0 bridgehead atoms. The number of nitrogens with two attached hydrogens (primary N) is 1. The average molecular weight is 241 g/mol. The number of rotatable bonds is 5. The predicted octanol–water partition coefficient (Wildman–Crippen LogP) is -0.202. The second-order valence-corrected chi connectivity index (χ2v) is 3.72. The molecule has 0 saturated heterocycles. The molecule has 0 atom stereocenters. The minimum atomic E-state index is -0.752. The molecule has 1 heterocycles. The van der Waals surface area contributed by atoms with Crippen molar-refractivity contribution in [3.8, 4) is 0 Å². The zero-order valence-corrected chi connectivity index (χ0v) is 9.83. The average Bonchev–Trinajstić information content (AvgIpc) is 2.28. The Morgan fingerprint density at radius 3 is 2.88 bits per heavy atom. The van der Waals surface area contributed by atoms with Crippen molar-refractivity contribution in [1.29, 1.82) is 0 Å². The second-order valence-electron chi connectivity index (χ2n) is 3.72. The van der Waals surface area contributed by atoms with Crippen LogP contribution in [0.4, 0.5) is 10.2 Å². The van der Waals surface area contributed by atoms with Crippen LogP contribution in [-0.4, -0.2) is 43.0 Å². The second kappa shape index (κ2) is 6.12. The van der Waals surface area contributed by atoms with Gasteiger partial charge in [0.25, 0.3) is 5.91 Å². The Hall–Kier alpha value is -1.73. The Labute approximate surface area is 99.0 Å². The number of hydrazine groups is 1. The van der Waals surface area contributed by atoms with Gasteiger partial charge in [0.05, 0.1) is 5.56 Å². The van der Waals surface area contributed by atoms with Gasteiger partial charge in [0.15, 0.2) is 11.6 Å². The Kier molecular flexibility index (Phi) is 4.80. The van der Waals surface area contributed by atoms with Gasteiger partial charge in [-0.15, -0.1) is 0 Å². The number of amides is 1. The molecule has 0 aliphatic rings. The monoisotopic (exact) mass is 241 g/mol. The normalized spacial score (nSPS) is 10.4. The molecule has 1 rings (SSSR count). The molecule has 0 aliphatic heterocycles. The first-order valence-electron chi connectivity index (χ1n) is 5.10. The maximum Gasteiger partial charge on any atom is 0.254 e. The van der Waals surface area contributed by atoms with Crippen molar-refractivity contribution in [3.63, 3.8) is 0 Å². The van der Waals surface area contributed by atoms with Crippen molar-refractivity contribution >= 4 is 11.7 Å². The van der Waals surface area contributed by atoms with Crippen molar-refractivity contribution in [3.05, 3.63) is 23.6 Å². The highest BCUT2D eigenvalue weighted by atomic mass is 19.1. The van der Waals surface area contributed by atoms with Gasteiger partial charge in [0.2, 0.25) is 0 Å². The Bertz CT molecular complexity index is 396. The summed E-state index contributed by atoms with van der Waals surface area (Å²) >= 11 is 0. The SMILES string of the molecule is CN(C)CCNC(=O)c1ccnc(NN)c1F. The third-order valence-corrected chi connectivity index (χ3v) is 2.12. The summed E-state index contributed by atoms with van der Waals surface area (Å²) in [5, 5.41) is 2.61. The number of likely N-dealkylation sites (N-methyl/N-ethyl adjacent to an activating group) is 1. The van der Waals surface area contributed by atoms with Gasteiger partial charge in [-0.3, -0.25) is 4.79 Å². The van der Waals surface area contributed by atoms with Crippen LogP contribution in [-0.2, 0) is 0 Å². The van der Waals surface area contributed by atoms with E-state index in [9.17, 15) is 9.18 Å². The number of aromatic nitrogens is 1. The predicted molar refractivity (Wildman–Crippen MR) is 62.9 cm³/mol. The first-order valence-corrected chi connectivity index (χ1v) is 5.10. The van der Waals surface area contributed by atoms with Crippen molar-refractivity contribution in [2.75, 3.05) is 32.6 Å². The Balaban J connectivity index is 2.69. The van der Waals surface area contributed by atoms with Gasteiger partial charge < -0.3 is 15.6 Å². The fourth-order valence-corrected chi connectivity index (χ4v) is 1.21. The first-order chi connectivity index (χ1) is 8.06. The molecule has 0 spiro atoms. The molecule has 0 fully saturated rings. The number of carbonyl (C=O) groups is 1. The van der Waals surface area contributed by atoms with Crippen LogP contribution < -0.4 is 16.6 Å². The topological polar surface area (TPSA) is 83.3 Å². The molecule has 1 amide bonds. The molecule has 6 nitrogen and oxygen atoms in total. The van der Waals surface area contributed by atoms with E-state index in [1.165, 1.54) is 12.3 Å². The van der Waals surface area contributed by atoms with Crippen LogP contribution >= 0.6 is 0 Å². The molecule has 17 heavy (non-hydrogen) atoms. The van der Waals surface area contributed by atoms with Crippen LogP contribution in [0.1, 0.15) is 10.4 Å². The summed E-state index contributed by atoms with van der Waals surface area (Å²) < 4.78 is 13.6. The molecule has 0 unspecified atom stereocenters. The summed E-state index contributed by atoms with van der Waals surface area (Å²) in [5.74, 6) is 3.69. The number of anilines is 1. The van der Waals surface area contributed by atoms with E-state index in [4.69, 9.17) is 5.84 Å². The third kappa shape index (κ3) is 3.65. The van der Waals surface area contributed by atoms with Crippen LogP contribution in [0, 0.1) is 5.82 Å². The molecule has 1 aromatic rings. The van der Waals surface area contributed by atoms with E-state index >= 15 is 0 Å². The first kappa shape index (κ1) is 13.3. The van der Waals surface area contributed by atoms with Crippen molar-refractivity contribution in [2.45, 2.75) is 0 Å². The standard InChI is InChI=1S/C10H16FN5O/c1-16(2)6-5-14-10(17)7-3-4-13-9(15-12)8(7)11/h3-4H,5-6,12H2,1-2H3,(H,13,15)(H,14,17). The number of nitrogens with one attached hydrogen (secondary N) is 2. The minimum absolute atomic E-state index is 0.0771. The van der Waals surface area contributed by atoms with Gasteiger partial charge in [-0.25, -0.2) is 15.2 Å². The summed E-state index contributed by atoms with van der Waals surface area (Å²) in [6.07, 6.45) is 1.32. The van der Waals surface area contributed by atoms with Gasteiger partial charge in [0.1, 0.15) is 0 Å². The van der Waals surface area contributed by atoms with Gasteiger partial charge in [0, 0.05) is 19.3 Å². The lowest BCUT2D eigenvalue weighted by atomic mass is 10.2. The van der Waals surface area contributed by atoms with Crippen LogP contribution in [0.15, 0.2) is 12.3 Å². The Morgan fingerprint density at radius 2 is 2.29 bits per heavy atom. The highest BCUT2D eigenvalue weighted by Crippen LogP contribution is 2.13. The van der Waals surface area contributed by atoms with E-state index < -0.39 is 11.7 Å². The third-order valence-electron chi connectivity index (χ3n) is 2.12. The summed E-state index contributed by atoms with van der Waals surface area (Å²) in [4.78, 5) is 17.2. The zero-order chi connectivity index (χ0) is 12.8. The number of hydrogen-bond acceptors (Lipinski definition) is 5. The fraction of sp³-hybridized carbons (Fsp3) is 0.400. The molecule has 94 valence electrons. The quantitative estimate of drug-likeness (QED) is 0.491. The summed E-state index contributed by atoms with van der Waals surface area (Å²) in [7, 11) is 3.77. The number of nitrogen functional groups attached to an aromatic ring is 1. The van der Waals surface area contributed by atoms with Crippen LogP contribution in [0.25, 0.3) is 0 Å². The van der Waals surface area contributed by atoms with Gasteiger partial charge >= 0.3 is 0 Å². The molecule has 0 radical (unpaired) electrons. The van der Waals surface area contributed by atoms with E-state index in [1.807, 2.05) is 19.0 Å². The van der Waals surface area contributed by atoms with E-state index in [0.717, 1.165) is 0 Å². The number of halogens is 1. The van der Waals surface area contributed by atoms with Crippen molar-refractivity contribution in [1.82, 2.24) is 15.2 Å². The molecule has 7 heteroatoms. The molecule has 1 aromatic heterocycles. The lowest BCUT2D eigenvalue weighted by Crippen LogP contribution is -2.32. The summed E-state index contributed by atoms with van der Waals surface area (Å²) in [5.41, 5.74) is 2.01. The van der Waals surface area contributed by atoms with E-state index in [0.29, 0.717) is 13.1 Å². The van der Waals surface area contributed by atoms with Crippen molar-refractivity contribution < 1.29 is 9.18 Å². The maximum atomic E-state index is 13.6. The lowest BCUT2D eigenvalue weighted by molar-refractivity contribution is 0.0947. The summed E-state index contributed by atoms with van der Waals surface area (Å²) in [6.45, 7) is 1.12. The van der Waals surface area contributed by atoms with Crippen LogP contribution in [0.3, 0.4) is 0 Å².